The third-order valence-electron chi connectivity index (χ3n) is 2.09. The Morgan fingerprint density at radius 1 is 1.41 bits per heavy atom. The van der Waals surface area contributed by atoms with E-state index in [1.165, 1.54) is 7.05 Å². The van der Waals surface area contributed by atoms with Crippen LogP contribution in [-0.4, -0.2) is 22.0 Å². The summed E-state index contributed by atoms with van der Waals surface area (Å²) in [5, 5.41) is 0. The third-order valence-corrected chi connectivity index (χ3v) is 3.11. The van der Waals surface area contributed by atoms with Gasteiger partial charge < -0.3 is 5.73 Å². The molecule has 0 aromatic heterocycles. The lowest BCUT2D eigenvalue weighted by Crippen LogP contribution is -2.26. The Balaban J connectivity index is 3.07. The monoisotopic (exact) mass is 253 g/mol. The van der Waals surface area contributed by atoms with Crippen LogP contribution in [0, 0.1) is 18.8 Å². The number of hydrogen-bond acceptors (Lipinski definition) is 3. The molecule has 0 saturated heterocycles. The van der Waals surface area contributed by atoms with Crippen LogP contribution in [0.2, 0.25) is 0 Å². The summed E-state index contributed by atoms with van der Waals surface area (Å²) in [4.78, 5) is 0. The maximum Gasteiger partial charge on any atom is 0.298 e. The Morgan fingerprint density at radius 2 is 2.12 bits per heavy atom. The lowest BCUT2D eigenvalue weighted by molar-refractivity contribution is 0.593. The van der Waals surface area contributed by atoms with E-state index in [1.54, 1.807) is 12.1 Å². The highest BCUT2D eigenvalue weighted by Crippen LogP contribution is 2.17. The maximum absolute atomic E-state index is 11.4. The number of aryl methyl sites for hydroxylation is 1. The summed E-state index contributed by atoms with van der Waals surface area (Å²) >= 11 is 0. The summed E-state index contributed by atoms with van der Waals surface area (Å²) in [6, 6.07) is 5.29. The molecule has 1 aromatic rings. The zero-order valence-electron chi connectivity index (χ0n) is 9.74. The minimum atomic E-state index is -3.51. The van der Waals surface area contributed by atoms with Gasteiger partial charge in [-0.25, -0.2) is 4.72 Å². The largest absolute Gasteiger partial charge is 0.320 e. The minimum Gasteiger partial charge on any atom is -0.320 e. The number of hydrogen-bond donors (Lipinski definition) is 3. The van der Waals surface area contributed by atoms with Crippen molar-refractivity contribution in [3.63, 3.8) is 0 Å². The first-order valence-corrected chi connectivity index (χ1v) is 6.47. The molecule has 6 heteroatoms. The van der Waals surface area contributed by atoms with E-state index in [-0.39, 0.29) is 6.54 Å². The highest BCUT2D eigenvalue weighted by Gasteiger charge is 2.08. The van der Waals surface area contributed by atoms with Crippen LogP contribution in [0.1, 0.15) is 11.1 Å². The van der Waals surface area contributed by atoms with Crippen molar-refractivity contribution in [3.8, 4) is 11.8 Å². The summed E-state index contributed by atoms with van der Waals surface area (Å²) in [6.07, 6.45) is 0. The van der Waals surface area contributed by atoms with Gasteiger partial charge in [0.1, 0.15) is 0 Å². The number of rotatable bonds is 3. The van der Waals surface area contributed by atoms with Crippen LogP contribution < -0.4 is 15.2 Å². The first kappa shape index (κ1) is 13.5. The van der Waals surface area contributed by atoms with E-state index in [9.17, 15) is 8.42 Å². The molecule has 1 rings (SSSR count). The molecule has 1 aromatic carbocycles. The van der Waals surface area contributed by atoms with Crippen molar-refractivity contribution < 1.29 is 8.42 Å². The van der Waals surface area contributed by atoms with Crippen LogP contribution >= 0.6 is 0 Å². The Bertz CT molecular complexity index is 556. The molecule has 92 valence electrons. The molecule has 0 bridgehead atoms. The molecule has 0 saturated carbocycles. The van der Waals surface area contributed by atoms with Gasteiger partial charge in [-0.05, 0) is 24.6 Å². The van der Waals surface area contributed by atoms with E-state index >= 15 is 0 Å². The van der Waals surface area contributed by atoms with E-state index in [0.717, 1.165) is 11.1 Å². The fourth-order valence-electron chi connectivity index (χ4n) is 1.16. The van der Waals surface area contributed by atoms with Gasteiger partial charge in [0.15, 0.2) is 0 Å². The van der Waals surface area contributed by atoms with E-state index < -0.39 is 10.2 Å². The SMILES string of the molecule is CNS(=O)(=O)Nc1cc(C#CCN)ccc1C. The molecule has 0 heterocycles. The third kappa shape index (κ3) is 4.07. The maximum atomic E-state index is 11.4. The normalized spacial score (nSPS) is 10.5. The standard InChI is InChI=1S/C11H15N3O2S/c1-9-5-6-10(4-3-7-12)8-11(9)14-17(15,16)13-2/h5-6,8,13-14H,7,12H2,1-2H3. The van der Waals surface area contributed by atoms with Crippen LogP contribution in [0.4, 0.5) is 5.69 Å². The van der Waals surface area contributed by atoms with E-state index in [4.69, 9.17) is 5.73 Å². The average molecular weight is 253 g/mol. The molecule has 17 heavy (non-hydrogen) atoms. The van der Waals surface area contributed by atoms with Gasteiger partial charge in [-0.15, -0.1) is 0 Å². The molecule has 0 aliphatic carbocycles. The van der Waals surface area contributed by atoms with Gasteiger partial charge in [0.2, 0.25) is 0 Å². The molecular weight excluding hydrogens is 238 g/mol. The first-order chi connectivity index (χ1) is 7.98. The zero-order chi connectivity index (χ0) is 12.9. The van der Waals surface area contributed by atoms with Crippen molar-refractivity contribution in [3.05, 3.63) is 29.3 Å². The summed E-state index contributed by atoms with van der Waals surface area (Å²) in [7, 11) is -2.16. The van der Waals surface area contributed by atoms with Gasteiger partial charge in [-0.3, -0.25) is 4.72 Å². The van der Waals surface area contributed by atoms with E-state index in [0.29, 0.717) is 5.69 Å². The Kier molecular flexibility index (Phi) is 4.52. The number of nitrogens with one attached hydrogen (secondary N) is 2. The second-order valence-electron chi connectivity index (χ2n) is 3.35. The van der Waals surface area contributed by atoms with Crippen molar-refractivity contribution >= 4 is 15.9 Å². The number of nitrogens with two attached hydrogens (primary N) is 1. The smallest absolute Gasteiger partial charge is 0.298 e. The number of anilines is 1. The summed E-state index contributed by atoms with van der Waals surface area (Å²) in [6.45, 7) is 2.08. The van der Waals surface area contributed by atoms with Crippen LogP contribution in [0.3, 0.4) is 0 Å². The second-order valence-corrected chi connectivity index (χ2v) is 4.96. The zero-order valence-corrected chi connectivity index (χ0v) is 10.6. The molecule has 0 aliphatic rings. The molecule has 0 atom stereocenters. The quantitative estimate of drug-likeness (QED) is 0.672. The molecular formula is C11H15N3O2S. The molecule has 0 amide bonds. The van der Waals surface area contributed by atoms with E-state index in [2.05, 4.69) is 21.3 Å². The van der Waals surface area contributed by atoms with Gasteiger partial charge in [0, 0.05) is 12.6 Å². The predicted octanol–water partition coefficient (Wildman–Crippen LogP) is 0.181. The van der Waals surface area contributed by atoms with Crippen molar-refractivity contribution in [2.75, 3.05) is 18.3 Å². The molecule has 0 fully saturated rings. The second kappa shape index (κ2) is 5.68. The van der Waals surface area contributed by atoms with Gasteiger partial charge in [-0.1, -0.05) is 17.9 Å². The minimum absolute atomic E-state index is 0.269. The van der Waals surface area contributed by atoms with Crippen LogP contribution in [0.15, 0.2) is 18.2 Å². The molecule has 0 spiro atoms. The fraction of sp³-hybridized carbons (Fsp3) is 0.273. The van der Waals surface area contributed by atoms with Gasteiger partial charge in [0.05, 0.1) is 12.2 Å². The van der Waals surface area contributed by atoms with Crippen molar-refractivity contribution in [2.45, 2.75) is 6.92 Å². The van der Waals surface area contributed by atoms with Gasteiger partial charge >= 0.3 is 0 Å². The lowest BCUT2D eigenvalue weighted by atomic mass is 10.1. The van der Waals surface area contributed by atoms with Gasteiger partial charge in [-0.2, -0.15) is 8.42 Å². The summed E-state index contributed by atoms with van der Waals surface area (Å²) < 4.78 is 27.3. The highest BCUT2D eigenvalue weighted by molar-refractivity contribution is 7.90. The molecule has 4 N–H and O–H groups in total. The van der Waals surface area contributed by atoms with Crippen molar-refractivity contribution in [2.24, 2.45) is 5.73 Å². The Morgan fingerprint density at radius 3 is 2.71 bits per heavy atom. The first-order valence-electron chi connectivity index (χ1n) is 4.99. The predicted molar refractivity (Wildman–Crippen MR) is 68.7 cm³/mol. The highest BCUT2D eigenvalue weighted by atomic mass is 32.2. The topological polar surface area (TPSA) is 84.2 Å². The summed E-state index contributed by atoms with van der Waals surface area (Å²) in [5.74, 6) is 5.56. The van der Waals surface area contributed by atoms with E-state index in [1.807, 2.05) is 13.0 Å². The molecule has 0 radical (unpaired) electrons. The van der Waals surface area contributed by atoms with Gasteiger partial charge in [0.25, 0.3) is 10.2 Å². The molecule has 0 unspecified atom stereocenters. The van der Waals surface area contributed by atoms with Crippen LogP contribution in [0.25, 0.3) is 0 Å². The van der Waals surface area contributed by atoms with Crippen molar-refractivity contribution in [1.82, 2.24) is 4.72 Å². The average Bonchev–Trinajstić information content (AvgIpc) is 2.30. The van der Waals surface area contributed by atoms with Crippen molar-refractivity contribution in [1.29, 1.82) is 0 Å². The number of benzene rings is 1. The molecule has 0 aliphatic heterocycles. The lowest BCUT2D eigenvalue weighted by Gasteiger charge is -2.09. The van der Waals surface area contributed by atoms with Crippen LogP contribution in [0.5, 0.6) is 0 Å². The van der Waals surface area contributed by atoms with Crippen LogP contribution in [-0.2, 0) is 10.2 Å². The fourth-order valence-corrected chi connectivity index (χ4v) is 1.77. The summed E-state index contributed by atoms with van der Waals surface area (Å²) in [5.41, 5.74) is 7.31. The Labute approximate surface area is 102 Å². The molecule has 5 nitrogen and oxygen atoms in total. The Hall–Kier alpha value is -1.55.